The maximum atomic E-state index is 5.90. The second-order valence-corrected chi connectivity index (χ2v) is 5.31. The molecular formula is C14H19Cl2NO3. The number of halogens is 2. The third-order valence-corrected chi connectivity index (χ3v) is 3.78. The van der Waals surface area contributed by atoms with Gasteiger partial charge in [0.1, 0.15) is 12.4 Å². The summed E-state index contributed by atoms with van der Waals surface area (Å²) in [5, 5.41) is 1.03. The van der Waals surface area contributed by atoms with E-state index in [1.54, 1.807) is 18.2 Å². The maximum absolute atomic E-state index is 5.90. The van der Waals surface area contributed by atoms with Crippen LogP contribution in [0.2, 0.25) is 10.0 Å². The Morgan fingerprint density at radius 2 is 1.85 bits per heavy atom. The van der Waals surface area contributed by atoms with Crippen molar-refractivity contribution in [3.05, 3.63) is 28.2 Å². The fraction of sp³-hybridized carbons (Fsp3) is 0.571. The average molecular weight is 320 g/mol. The zero-order valence-electron chi connectivity index (χ0n) is 11.3. The molecule has 1 saturated heterocycles. The van der Waals surface area contributed by atoms with Gasteiger partial charge >= 0.3 is 0 Å². The highest BCUT2D eigenvalue weighted by molar-refractivity contribution is 6.42. The van der Waals surface area contributed by atoms with Crippen molar-refractivity contribution in [2.24, 2.45) is 0 Å². The van der Waals surface area contributed by atoms with Crippen molar-refractivity contribution in [1.82, 2.24) is 4.90 Å². The van der Waals surface area contributed by atoms with Gasteiger partial charge in [-0.2, -0.15) is 0 Å². The summed E-state index contributed by atoms with van der Waals surface area (Å²) in [6, 6.07) is 5.22. The van der Waals surface area contributed by atoms with Gasteiger partial charge in [0.25, 0.3) is 0 Å². The number of hydrogen-bond acceptors (Lipinski definition) is 4. The molecule has 1 fully saturated rings. The Morgan fingerprint density at radius 1 is 1.05 bits per heavy atom. The van der Waals surface area contributed by atoms with Crippen molar-refractivity contribution in [2.45, 2.75) is 0 Å². The number of rotatable bonds is 7. The molecule has 112 valence electrons. The van der Waals surface area contributed by atoms with Gasteiger partial charge in [0.15, 0.2) is 0 Å². The molecule has 0 bridgehead atoms. The minimum atomic E-state index is 0.498. The topological polar surface area (TPSA) is 30.9 Å². The molecule has 1 heterocycles. The highest BCUT2D eigenvalue weighted by atomic mass is 35.5. The Bertz CT molecular complexity index is 411. The quantitative estimate of drug-likeness (QED) is 0.723. The predicted molar refractivity (Wildman–Crippen MR) is 80.0 cm³/mol. The van der Waals surface area contributed by atoms with Gasteiger partial charge in [-0.1, -0.05) is 23.2 Å². The molecule has 2 rings (SSSR count). The zero-order chi connectivity index (χ0) is 14.2. The van der Waals surface area contributed by atoms with E-state index in [0.29, 0.717) is 35.6 Å². The lowest BCUT2D eigenvalue weighted by Gasteiger charge is -2.26. The van der Waals surface area contributed by atoms with Crippen LogP contribution in [0, 0.1) is 0 Å². The summed E-state index contributed by atoms with van der Waals surface area (Å²) in [5.74, 6) is 0.705. The van der Waals surface area contributed by atoms with Crippen LogP contribution < -0.4 is 4.74 Å². The molecule has 0 amide bonds. The first-order valence-electron chi connectivity index (χ1n) is 6.71. The van der Waals surface area contributed by atoms with Gasteiger partial charge in [0.05, 0.1) is 36.5 Å². The van der Waals surface area contributed by atoms with E-state index in [4.69, 9.17) is 37.4 Å². The normalized spacial score (nSPS) is 16.3. The van der Waals surface area contributed by atoms with Crippen molar-refractivity contribution >= 4 is 23.2 Å². The van der Waals surface area contributed by atoms with Crippen LogP contribution in [-0.4, -0.2) is 57.6 Å². The molecule has 0 spiro atoms. The third-order valence-electron chi connectivity index (χ3n) is 3.04. The van der Waals surface area contributed by atoms with Crippen LogP contribution >= 0.6 is 23.2 Å². The number of morpholine rings is 1. The van der Waals surface area contributed by atoms with Gasteiger partial charge in [0.2, 0.25) is 0 Å². The van der Waals surface area contributed by atoms with Crippen molar-refractivity contribution in [2.75, 3.05) is 52.7 Å². The highest BCUT2D eigenvalue weighted by Gasteiger charge is 2.09. The molecule has 0 unspecified atom stereocenters. The molecule has 0 atom stereocenters. The van der Waals surface area contributed by atoms with E-state index in [0.717, 1.165) is 32.8 Å². The molecule has 1 aromatic carbocycles. The summed E-state index contributed by atoms with van der Waals surface area (Å²) in [6.45, 7) is 6.33. The lowest BCUT2D eigenvalue weighted by Crippen LogP contribution is -2.38. The van der Waals surface area contributed by atoms with Crippen LogP contribution in [0.1, 0.15) is 0 Å². The fourth-order valence-electron chi connectivity index (χ4n) is 1.91. The van der Waals surface area contributed by atoms with Crippen LogP contribution in [-0.2, 0) is 9.47 Å². The molecule has 6 heteroatoms. The Kier molecular flexibility index (Phi) is 6.90. The highest BCUT2D eigenvalue weighted by Crippen LogP contribution is 2.26. The fourth-order valence-corrected chi connectivity index (χ4v) is 2.19. The van der Waals surface area contributed by atoms with Gasteiger partial charge in [-0.25, -0.2) is 0 Å². The predicted octanol–water partition coefficient (Wildman–Crippen LogP) is 2.72. The minimum absolute atomic E-state index is 0.498. The molecule has 0 N–H and O–H groups in total. The summed E-state index contributed by atoms with van der Waals surface area (Å²) in [4.78, 5) is 2.34. The molecule has 0 saturated carbocycles. The first kappa shape index (κ1) is 15.9. The van der Waals surface area contributed by atoms with Crippen LogP contribution in [0.4, 0.5) is 0 Å². The summed E-state index contributed by atoms with van der Waals surface area (Å²) in [6.07, 6.45) is 0. The lowest BCUT2D eigenvalue weighted by molar-refractivity contribution is 0.0170. The first-order valence-corrected chi connectivity index (χ1v) is 7.47. The SMILES string of the molecule is Clc1ccc(OCCOCCN2CCOCC2)cc1Cl. The number of ether oxygens (including phenoxy) is 3. The molecule has 1 aliphatic heterocycles. The average Bonchev–Trinajstić information content (AvgIpc) is 2.47. The van der Waals surface area contributed by atoms with Crippen LogP contribution in [0.25, 0.3) is 0 Å². The van der Waals surface area contributed by atoms with E-state index in [-0.39, 0.29) is 0 Å². The second kappa shape index (κ2) is 8.70. The number of nitrogens with zero attached hydrogens (tertiary/aromatic N) is 1. The summed E-state index contributed by atoms with van der Waals surface area (Å²) in [7, 11) is 0. The summed E-state index contributed by atoms with van der Waals surface area (Å²) < 4.78 is 16.4. The van der Waals surface area contributed by atoms with E-state index >= 15 is 0 Å². The van der Waals surface area contributed by atoms with E-state index in [1.165, 1.54) is 0 Å². The van der Waals surface area contributed by atoms with Gasteiger partial charge in [-0.05, 0) is 12.1 Å². The standard InChI is InChI=1S/C14H19Cl2NO3/c15-13-2-1-12(11-14(13)16)20-10-9-19-8-5-17-3-6-18-7-4-17/h1-2,11H,3-10H2. The van der Waals surface area contributed by atoms with Gasteiger partial charge < -0.3 is 14.2 Å². The summed E-state index contributed by atoms with van der Waals surface area (Å²) in [5.41, 5.74) is 0. The molecule has 0 radical (unpaired) electrons. The van der Waals surface area contributed by atoms with Gasteiger partial charge in [-0.15, -0.1) is 0 Å². The monoisotopic (exact) mass is 319 g/mol. The molecule has 0 aliphatic carbocycles. The minimum Gasteiger partial charge on any atom is -0.491 e. The van der Waals surface area contributed by atoms with Crippen LogP contribution in [0.3, 0.4) is 0 Å². The molecular weight excluding hydrogens is 301 g/mol. The molecule has 20 heavy (non-hydrogen) atoms. The van der Waals surface area contributed by atoms with E-state index in [2.05, 4.69) is 4.90 Å². The van der Waals surface area contributed by atoms with Crippen molar-refractivity contribution < 1.29 is 14.2 Å². The smallest absolute Gasteiger partial charge is 0.121 e. The molecule has 4 nitrogen and oxygen atoms in total. The molecule has 0 aromatic heterocycles. The Hall–Kier alpha value is -0.520. The Morgan fingerprint density at radius 3 is 2.60 bits per heavy atom. The van der Waals surface area contributed by atoms with Crippen molar-refractivity contribution in [1.29, 1.82) is 0 Å². The van der Waals surface area contributed by atoms with Crippen LogP contribution in [0.15, 0.2) is 18.2 Å². The van der Waals surface area contributed by atoms with E-state index in [9.17, 15) is 0 Å². The summed E-state index contributed by atoms with van der Waals surface area (Å²) >= 11 is 11.7. The second-order valence-electron chi connectivity index (χ2n) is 4.49. The van der Waals surface area contributed by atoms with E-state index in [1.807, 2.05) is 0 Å². The third kappa shape index (κ3) is 5.46. The lowest BCUT2D eigenvalue weighted by atomic mass is 10.3. The number of hydrogen-bond donors (Lipinski definition) is 0. The Balaban J connectivity index is 1.53. The van der Waals surface area contributed by atoms with Crippen molar-refractivity contribution in [3.8, 4) is 5.75 Å². The van der Waals surface area contributed by atoms with Gasteiger partial charge in [0, 0.05) is 25.7 Å². The van der Waals surface area contributed by atoms with E-state index < -0.39 is 0 Å². The van der Waals surface area contributed by atoms with Crippen LogP contribution in [0.5, 0.6) is 5.75 Å². The maximum Gasteiger partial charge on any atom is 0.121 e. The zero-order valence-corrected chi connectivity index (χ0v) is 12.8. The van der Waals surface area contributed by atoms with Crippen molar-refractivity contribution in [3.63, 3.8) is 0 Å². The van der Waals surface area contributed by atoms with Gasteiger partial charge in [-0.3, -0.25) is 4.90 Å². The number of benzene rings is 1. The molecule has 1 aromatic rings. The Labute approximate surface area is 129 Å². The first-order chi connectivity index (χ1) is 9.75. The largest absolute Gasteiger partial charge is 0.491 e. The molecule has 1 aliphatic rings.